The summed E-state index contributed by atoms with van der Waals surface area (Å²) in [5.74, 6) is -2.96. The number of carbonyl (C=O) groups is 3. The second kappa shape index (κ2) is 55.4. The second-order valence-corrected chi connectivity index (χ2v) is 40.7. The maximum Gasteiger partial charge on any atom is 0.410 e. The average Bonchev–Trinajstić information content (AvgIpc) is 0.762. The van der Waals surface area contributed by atoms with Crippen LogP contribution in [0.1, 0.15) is 152 Å². The lowest BCUT2D eigenvalue weighted by atomic mass is 10.1. The number of nitrogens with two attached hydrogens (primary N) is 2. The third-order valence-electron chi connectivity index (χ3n) is 17.4. The summed E-state index contributed by atoms with van der Waals surface area (Å²) >= 11 is 42.5. The Morgan fingerprint density at radius 2 is 0.870 bits per heavy atom. The zero-order chi connectivity index (χ0) is 99.9. The molecule has 2 aliphatic heterocycles. The van der Waals surface area contributed by atoms with Gasteiger partial charge >= 0.3 is 23.6 Å². The lowest BCUT2D eigenvalue weighted by Crippen LogP contribution is -2.55. The van der Waals surface area contributed by atoms with E-state index in [4.69, 9.17) is 93.0 Å². The number of primary amides is 1. The van der Waals surface area contributed by atoms with Gasteiger partial charge in [-0.2, -0.15) is 15.8 Å². The van der Waals surface area contributed by atoms with Crippen molar-refractivity contribution in [3.05, 3.63) is 194 Å². The van der Waals surface area contributed by atoms with E-state index >= 15 is 0 Å². The number of hydrogen-bond acceptors (Lipinski definition) is 20. The van der Waals surface area contributed by atoms with Crippen molar-refractivity contribution in [2.45, 2.75) is 161 Å². The van der Waals surface area contributed by atoms with Gasteiger partial charge in [-0.05, 0) is 196 Å². The number of aromatic nitrogens is 4. The van der Waals surface area contributed by atoms with Crippen molar-refractivity contribution in [3.8, 4) is 24.0 Å². The molecule has 2 fully saturated rings. The van der Waals surface area contributed by atoms with Crippen LogP contribution < -0.4 is 65.3 Å². The minimum atomic E-state index is -0.848. The van der Waals surface area contributed by atoms with Gasteiger partial charge in [0.2, 0.25) is 0 Å². The lowest BCUT2D eigenvalue weighted by Gasteiger charge is -2.34. The van der Waals surface area contributed by atoms with Gasteiger partial charge in [0.05, 0.1) is 66.4 Å². The molecule has 27 nitrogen and oxygen atoms in total. The number of halogens is 16. The van der Waals surface area contributed by atoms with Crippen molar-refractivity contribution in [1.29, 1.82) is 15.8 Å². The van der Waals surface area contributed by atoms with Crippen molar-refractivity contribution < 1.29 is 60.0 Å². The highest BCUT2D eigenvalue weighted by Crippen LogP contribution is 2.40. The molecule has 0 bridgehead atoms. The number of aliphatic hydroxyl groups is 1. The number of rotatable bonds is 19. The van der Waals surface area contributed by atoms with E-state index in [0.29, 0.717) is 141 Å². The molecule has 3 amide bonds. The van der Waals surface area contributed by atoms with Gasteiger partial charge in [-0.15, -0.1) is 0 Å². The number of nitrogens with zero attached hydrogens (tertiary/aromatic N) is 7. The Hall–Kier alpha value is -7.66. The fourth-order valence-corrected chi connectivity index (χ4v) is 14.3. The first kappa shape index (κ1) is 118. The van der Waals surface area contributed by atoms with Crippen LogP contribution in [0.2, 0.25) is 20.1 Å². The zero-order valence-corrected chi connectivity index (χ0v) is 88.0. The van der Waals surface area contributed by atoms with Gasteiger partial charge in [0, 0.05) is 105 Å². The molecule has 2 atom stereocenters. The highest BCUT2D eigenvalue weighted by atomic mass is 79.9. The molecule has 2 aliphatic rings. The maximum absolute atomic E-state index is 14.1. The van der Waals surface area contributed by atoms with E-state index in [1.165, 1.54) is 27.3 Å². The Morgan fingerprint density at radius 1 is 0.511 bits per heavy atom. The lowest BCUT2D eigenvalue weighted by molar-refractivity contribution is 0.0165. The molecule has 4 heterocycles. The van der Waals surface area contributed by atoms with Crippen LogP contribution in [0.25, 0.3) is 21.8 Å². The third-order valence-corrected chi connectivity index (χ3v) is 23.2. The summed E-state index contributed by atoms with van der Waals surface area (Å²) in [5.41, 5.74) is 8.19. The number of nitriles is 3. The number of benzene rings is 6. The molecule has 131 heavy (non-hydrogen) atoms. The van der Waals surface area contributed by atoms with Crippen molar-refractivity contribution in [2.24, 2.45) is 47.0 Å². The molecule has 8 aromatic rings. The van der Waals surface area contributed by atoms with Crippen LogP contribution in [0.3, 0.4) is 0 Å². The summed E-state index contributed by atoms with van der Waals surface area (Å²) in [6, 6.07) is 16.3. The molecular weight excluding hydrogens is 2190 g/mol. The molecule has 2 aromatic heterocycles. The highest BCUT2D eigenvalue weighted by Gasteiger charge is 2.31. The molecule has 720 valence electrons. The number of amides is 3. The Kier molecular flexibility index (Phi) is 49.7. The smallest absolute Gasteiger partial charge is 0.410 e. The van der Waals surface area contributed by atoms with Crippen LogP contribution >= 0.6 is 142 Å². The molecule has 10 rings (SSSR count). The zero-order valence-electron chi connectivity index (χ0n) is 75.5. The van der Waals surface area contributed by atoms with Crippen molar-refractivity contribution in [3.63, 3.8) is 0 Å². The van der Waals surface area contributed by atoms with E-state index in [9.17, 15) is 59.9 Å². The minimum Gasteiger partial charge on any atom is -0.489 e. The summed E-state index contributed by atoms with van der Waals surface area (Å²) in [6.45, 7) is 42.3. The molecule has 6 aromatic carbocycles. The summed E-state index contributed by atoms with van der Waals surface area (Å²) < 4.78 is 102. The van der Waals surface area contributed by atoms with Gasteiger partial charge in [0.15, 0.2) is 23.2 Å². The summed E-state index contributed by atoms with van der Waals surface area (Å²) in [7, 11) is 0. The number of aromatic amines is 2. The molecule has 0 unspecified atom stereocenters. The van der Waals surface area contributed by atoms with E-state index in [0.717, 1.165) is 18.7 Å². The van der Waals surface area contributed by atoms with Crippen LogP contribution in [0.5, 0.6) is 5.75 Å². The topological polar surface area (TPSA) is 399 Å². The predicted molar refractivity (Wildman–Crippen MR) is 527 cm³/mol. The van der Waals surface area contributed by atoms with E-state index in [1.54, 1.807) is 34.1 Å². The summed E-state index contributed by atoms with van der Waals surface area (Å²) in [5, 5.41) is 50.3. The Labute approximate surface area is 828 Å². The molecular formula is C88H110Br6Cl4F6N16O11. The minimum absolute atomic E-state index is 0.0359. The average molecular weight is 2300 g/mol. The SMILES string of the molecule is CC(C)(C)OC(=O)N1CCN[C@H](CO)C1.CC(C)CN.CC(C)CNc1cc(Br)c(Cl)c(F)c1C#N.CC(C)CNc1cc(Br)c(Cl)c(F)c1C(N)=O.CC(C)CNc1cc(Br)cc(F)c1C#N.CC(C)Cn1c(=O)[nH]c(=O)c2c(F)c(Cl)c(Br)cc21.CC(C)Cn1c(=O)[nH]c(=O)c2c(OC[C@@H]3CN(C(=O)OC(C)(C)C)CCN3)c(Cl)c(Br)cc21.N#Cc1c(F)cc(Br)cc1F. The maximum atomic E-state index is 14.1. The first-order valence-electron chi connectivity index (χ1n) is 40.9. The van der Waals surface area contributed by atoms with Gasteiger partial charge in [-0.1, -0.05) is 161 Å². The first-order valence-corrected chi connectivity index (χ1v) is 47.2. The molecule has 0 aliphatic carbocycles. The van der Waals surface area contributed by atoms with E-state index in [2.05, 4.69) is 146 Å². The van der Waals surface area contributed by atoms with Crippen LogP contribution in [0.15, 0.2) is 94.5 Å². The highest BCUT2D eigenvalue weighted by molar-refractivity contribution is 9.11. The largest absolute Gasteiger partial charge is 0.489 e. The molecule has 0 spiro atoms. The van der Waals surface area contributed by atoms with Gasteiger partial charge in [-0.3, -0.25) is 33.5 Å². The van der Waals surface area contributed by atoms with Gasteiger partial charge in [0.25, 0.3) is 17.0 Å². The molecule has 0 saturated carbocycles. The number of anilines is 3. The second-order valence-electron chi connectivity index (χ2n) is 34.0. The number of hydrogen-bond donors (Lipinski definition) is 10. The van der Waals surface area contributed by atoms with Gasteiger partial charge < -0.3 is 67.2 Å². The number of ether oxygens (including phenoxy) is 3. The Morgan fingerprint density at radius 3 is 1.27 bits per heavy atom. The monoisotopic (exact) mass is 2290 g/mol. The van der Waals surface area contributed by atoms with E-state index < -0.39 is 80.1 Å². The van der Waals surface area contributed by atoms with E-state index in [-0.39, 0.29) is 113 Å². The fourth-order valence-electron chi connectivity index (χ4n) is 11.2. The number of carbonyl (C=O) groups excluding carboxylic acids is 3. The van der Waals surface area contributed by atoms with Gasteiger partial charge in [-0.25, -0.2) is 45.5 Å². The molecule has 12 N–H and O–H groups in total. The Balaban J connectivity index is 0.000000401. The number of piperazine rings is 2. The van der Waals surface area contributed by atoms with Crippen molar-refractivity contribution >= 4 is 199 Å². The van der Waals surface area contributed by atoms with Crippen LogP contribution in [-0.4, -0.2) is 154 Å². The predicted octanol–water partition coefficient (Wildman–Crippen LogP) is 20.8. The third kappa shape index (κ3) is 37.9. The van der Waals surface area contributed by atoms with Crippen LogP contribution in [0, 0.1) is 104 Å². The number of H-pyrrole nitrogens is 2. The van der Waals surface area contributed by atoms with Crippen LogP contribution in [0.4, 0.5) is 53.0 Å². The van der Waals surface area contributed by atoms with Crippen molar-refractivity contribution in [2.75, 3.05) is 94.6 Å². The standard InChI is InChI=1S/C22H30BrClN4O5.C12H11BrClFN2O2.C11H13BrClFN2O.C11H11BrClFN2.C11H12BrFN2.C10H20N2O3.C7H2BrF2N.C4H11N/c1-12(2)9-28-15-8-14(23)17(24)18(16(15)19(29)26-20(28)30)32-11-13-10-27(7-6-25-13)21(31)33-22(3,4)5;1-5(2)4-17-7-3-6(13)9(14)10(15)8(7)11(18)16-12(17)19;1-5(2)4-16-7-3-6(12)9(13)10(14)8(7)11(15)17;1-6(2)5-16-9-3-8(12)10(13)11(14)7(9)4-15;1-7(2)6-15-11-4-8(12)3-10(13)9(11)5-14;1-10(2,3)15-9(14)12-5-4-11-8(6-12)7-13;8-4-1-6(9)5(3-11)7(10)2-4;1-4(2)3-5/h8,12-13,25H,6-7,9-11H2,1-5H3,(H,26,29,30);3,5H,4H2,1-2H3,(H,16,18,19);3,5,16H,4H2,1-2H3,(H2,15,17);3,6,16H,5H2,1-2H3;3-4,7,15H,6H2,1-2H3;8,11,13H,4-7H2,1-3H3;1-2H;4H,3,5H2,1-2H3/t13-;;;;;8-;;/m0....0../s1. The van der Waals surface area contributed by atoms with Crippen molar-refractivity contribution in [1.82, 2.24) is 39.5 Å². The van der Waals surface area contributed by atoms with Gasteiger partial charge in [0.1, 0.15) is 80.9 Å². The quantitative estimate of drug-likeness (QED) is 0.0265. The van der Waals surface area contributed by atoms with E-state index in [1.807, 2.05) is 123 Å². The van der Waals surface area contributed by atoms with Crippen LogP contribution in [-0.2, 0) is 22.6 Å². The molecule has 43 heteroatoms. The molecule has 2 saturated heterocycles. The molecule has 0 radical (unpaired) electrons. The Bertz CT molecular complexity index is 5640. The summed E-state index contributed by atoms with van der Waals surface area (Å²) in [4.78, 5) is 91.8. The summed E-state index contributed by atoms with van der Waals surface area (Å²) in [6.07, 6.45) is -0.684. The normalized spacial score (nSPS) is 13.5. The number of fused-ring (bicyclic) bond motifs is 2. The number of nitrogens with one attached hydrogen (secondary N) is 7. The first-order chi connectivity index (χ1) is 60.9. The number of aliphatic hydroxyl groups excluding tert-OH is 1. The fraction of sp³-hybridized carbons (Fsp3) is 0.477.